The fourth-order valence-electron chi connectivity index (χ4n) is 4.24. The zero-order chi connectivity index (χ0) is 32.6. The first-order valence-corrected chi connectivity index (χ1v) is 15.5. The summed E-state index contributed by atoms with van der Waals surface area (Å²) >= 11 is 0. The Morgan fingerprint density at radius 2 is 1.71 bits per heavy atom. The smallest absolute Gasteiger partial charge is 0.406 e. The molecule has 0 atom stereocenters. The van der Waals surface area contributed by atoms with E-state index in [2.05, 4.69) is 25.7 Å². The SMILES string of the molecule is CS(=O)(=O)c1cccc(CNC(=O)c2cn(CCCCn3ccc(NC(=O)Cc4cccc(OC(F)(F)F)c4)cc3=O)nn2)c1. The van der Waals surface area contributed by atoms with Crippen LogP contribution in [0.25, 0.3) is 0 Å². The molecule has 238 valence electrons. The van der Waals surface area contributed by atoms with Gasteiger partial charge in [0.05, 0.1) is 17.5 Å². The Labute approximate surface area is 255 Å². The molecule has 45 heavy (non-hydrogen) atoms. The fraction of sp³-hybridized carbons (Fsp3) is 0.276. The van der Waals surface area contributed by atoms with Gasteiger partial charge in [-0.15, -0.1) is 18.3 Å². The Morgan fingerprint density at radius 3 is 2.44 bits per heavy atom. The highest BCUT2D eigenvalue weighted by atomic mass is 32.2. The maximum Gasteiger partial charge on any atom is 0.573 e. The number of ether oxygens (including phenoxy) is 1. The number of aryl methyl sites for hydroxylation is 2. The number of halogens is 3. The fourth-order valence-corrected chi connectivity index (χ4v) is 4.93. The van der Waals surface area contributed by atoms with Crippen LogP contribution in [-0.2, 0) is 40.7 Å². The predicted molar refractivity (Wildman–Crippen MR) is 156 cm³/mol. The lowest BCUT2D eigenvalue weighted by molar-refractivity contribution is -0.274. The summed E-state index contributed by atoms with van der Waals surface area (Å²) in [5, 5.41) is 13.1. The number of alkyl halides is 3. The summed E-state index contributed by atoms with van der Waals surface area (Å²) in [7, 11) is -3.37. The van der Waals surface area contributed by atoms with E-state index >= 15 is 0 Å². The lowest BCUT2D eigenvalue weighted by atomic mass is 10.1. The Balaban J connectivity index is 1.20. The number of carbonyl (C=O) groups is 2. The largest absolute Gasteiger partial charge is 0.573 e. The Bertz CT molecular complexity index is 1840. The third-order valence-electron chi connectivity index (χ3n) is 6.36. The van der Waals surface area contributed by atoms with Crippen molar-refractivity contribution >= 4 is 27.3 Å². The van der Waals surface area contributed by atoms with Crippen LogP contribution >= 0.6 is 0 Å². The number of hydrogen-bond donors (Lipinski definition) is 2. The summed E-state index contributed by atoms with van der Waals surface area (Å²) in [5.41, 5.74) is 0.925. The first kappa shape index (κ1) is 32.9. The van der Waals surface area contributed by atoms with Gasteiger partial charge < -0.3 is 19.9 Å². The van der Waals surface area contributed by atoms with Crippen LogP contribution in [0.4, 0.5) is 18.9 Å². The summed E-state index contributed by atoms with van der Waals surface area (Å²) in [6.45, 7) is 0.934. The molecule has 0 unspecified atom stereocenters. The molecule has 2 heterocycles. The van der Waals surface area contributed by atoms with Crippen molar-refractivity contribution < 1.29 is 35.9 Å². The number of nitrogens with one attached hydrogen (secondary N) is 2. The van der Waals surface area contributed by atoms with Crippen LogP contribution in [0.3, 0.4) is 0 Å². The molecule has 4 rings (SSSR count). The van der Waals surface area contributed by atoms with E-state index in [0.717, 1.165) is 18.4 Å². The predicted octanol–water partition coefficient (Wildman–Crippen LogP) is 3.33. The van der Waals surface area contributed by atoms with Crippen molar-refractivity contribution in [2.24, 2.45) is 0 Å². The van der Waals surface area contributed by atoms with Crippen molar-refractivity contribution in [3.8, 4) is 5.75 Å². The standard InChI is InChI=1S/C29H29F3N6O6S/c1-45(42,43)24-9-5-7-21(15-24)18-33-28(41)25-19-38(36-35-25)12-3-2-11-37-13-10-22(17-27(37)40)34-26(39)16-20-6-4-8-23(14-20)44-29(30,31)32/h4-10,13-15,17,19H,2-3,11-12,16,18H2,1H3,(H,33,41)(H,34,39). The lowest BCUT2D eigenvalue weighted by Crippen LogP contribution is -2.23. The highest BCUT2D eigenvalue weighted by Crippen LogP contribution is 2.23. The van der Waals surface area contributed by atoms with Crippen molar-refractivity contribution in [3.63, 3.8) is 0 Å². The van der Waals surface area contributed by atoms with Gasteiger partial charge in [0.15, 0.2) is 15.5 Å². The summed E-state index contributed by atoms with van der Waals surface area (Å²) in [6.07, 6.45) is 0.277. The molecular weight excluding hydrogens is 617 g/mol. The van der Waals surface area contributed by atoms with Gasteiger partial charge in [-0.1, -0.05) is 29.5 Å². The molecule has 0 aliphatic carbocycles. The number of sulfone groups is 1. The van der Waals surface area contributed by atoms with Gasteiger partial charge in [-0.05, 0) is 54.3 Å². The molecule has 0 radical (unpaired) electrons. The second kappa shape index (κ2) is 14.2. The number of hydrogen-bond acceptors (Lipinski definition) is 8. The molecule has 0 saturated carbocycles. The van der Waals surface area contributed by atoms with Crippen molar-refractivity contribution in [1.29, 1.82) is 0 Å². The number of aromatic nitrogens is 4. The van der Waals surface area contributed by atoms with E-state index in [1.165, 1.54) is 52.0 Å². The number of nitrogens with zero attached hydrogens (tertiary/aromatic N) is 4. The Kier molecular flexibility index (Phi) is 10.4. The number of rotatable bonds is 13. The lowest BCUT2D eigenvalue weighted by Gasteiger charge is -2.11. The second-order valence-corrected chi connectivity index (χ2v) is 12.1. The highest BCUT2D eigenvalue weighted by Gasteiger charge is 2.31. The van der Waals surface area contributed by atoms with E-state index in [4.69, 9.17) is 0 Å². The van der Waals surface area contributed by atoms with Gasteiger partial charge >= 0.3 is 6.36 Å². The monoisotopic (exact) mass is 646 g/mol. The third kappa shape index (κ3) is 10.3. The molecule has 0 bridgehead atoms. The van der Waals surface area contributed by atoms with E-state index in [9.17, 15) is 36.0 Å². The summed E-state index contributed by atoms with van der Waals surface area (Å²) in [6, 6.07) is 14.1. The first-order valence-electron chi connectivity index (χ1n) is 13.6. The van der Waals surface area contributed by atoms with Crippen LogP contribution in [0.5, 0.6) is 5.75 Å². The first-order chi connectivity index (χ1) is 21.2. The van der Waals surface area contributed by atoms with Crippen LogP contribution in [0.15, 0.2) is 82.7 Å². The minimum absolute atomic E-state index is 0.102. The van der Waals surface area contributed by atoms with E-state index in [0.29, 0.717) is 37.1 Å². The number of amides is 2. The van der Waals surface area contributed by atoms with Gasteiger partial charge in [-0.3, -0.25) is 19.1 Å². The Morgan fingerprint density at radius 1 is 0.978 bits per heavy atom. The molecular formula is C29H29F3N6O6S. The second-order valence-electron chi connectivity index (χ2n) is 10.0. The number of pyridine rings is 1. The maximum absolute atomic E-state index is 12.5. The zero-order valence-corrected chi connectivity index (χ0v) is 24.8. The van der Waals surface area contributed by atoms with Gasteiger partial charge in [0.2, 0.25) is 5.91 Å². The molecule has 2 aromatic carbocycles. The summed E-state index contributed by atoms with van der Waals surface area (Å²) in [4.78, 5) is 37.5. The van der Waals surface area contributed by atoms with Gasteiger partial charge in [0.1, 0.15) is 5.75 Å². The third-order valence-corrected chi connectivity index (χ3v) is 7.47. The molecule has 0 spiro atoms. The van der Waals surface area contributed by atoms with Crippen LogP contribution in [-0.4, -0.2) is 52.4 Å². The van der Waals surface area contributed by atoms with Gasteiger partial charge in [-0.2, -0.15) is 0 Å². The summed E-state index contributed by atoms with van der Waals surface area (Å²) in [5.74, 6) is -1.41. The molecule has 0 aliphatic rings. The molecule has 2 N–H and O–H groups in total. The molecule has 2 aromatic heterocycles. The number of unbranched alkanes of at least 4 members (excludes halogenated alkanes) is 1. The normalized spacial score (nSPS) is 11.6. The molecule has 4 aromatic rings. The van der Waals surface area contributed by atoms with Crippen molar-refractivity contribution in [2.45, 2.75) is 50.2 Å². The molecule has 16 heteroatoms. The van der Waals surface area contributed by atoms with Crippen molar-refractivity contribution in [3.05, 3.63) is 100 Å². The van der Waals surface area contributed by atoms with Crippen molar-refractivity contribution in [2.75, 3.05) is 11.6 Å². The highest BCUT2D eigenvalue weighted by molar-refractivity contribution is 7.90. The van der Waals surface area contributed by atoms with Gasteiger partial charge in [-0.25, -0.2) is 8.42 Å². The van der Waals surface area contributed by atoms with E-state index in [-0.39, 0.29) is 34.8 Å². The quantitative estimate of drug-likeness (QED) is 0.210. The van der Waals surface area contributed by atoms with Crippen LogP contribution in [0.2, 0.25) is 0 Å². The Hall–Kier alpha value is -4.99. The maximum atomic E-state index is 12.5. The van der Waals surface area contributed by atoms with Gasteiger partial charge in [0, 0.05) is 43.8 Å². The average Bonchev–Trinajstić information content (AvgIpc) is 3.43. The van der Waals surface area contributed by atoms with E-state index in [1.807, 2.05) is 0 Å². The molecule has 0 saturated heterocycles. The molecule has 0 aliphatic heterocycles. The number of carbonyl (C=O) groups excluding carboxylic acids is 2. The van der Waals surface area contributed by atoms with E-state index < -0.39 is 33.8 Å². The number of anilines is 1. The van der Waals surface area contributed by atoms with E-state index in [1.54, 1.807) is 18.2 Å². The topological polar surface area (TPSA) is 154 Å². The van der Waals surface area contributed by atoms with Gasteiger partial charge in [0.25, 0.3) is 11.5 Å². The summed E-state index contributed by atoms with van der Waals surface area (Å²) < 4.78 is 67.6. The molecule has 0 fully saturated rings. The van der Waals surface area contributed by atoms with Crippen LogP contribution < -0.4 is 20.9 Å². The van der Waals surface area contributed by atoms with Crippen LogP contribution in [0.1, 0.15) is 34.5 Å². The average molecular weight is 647 g/mol. The number of benzene rings is 2. The minimum atomic E-state index is -4.84. The van der Waals surface area contributed by atoms with Crippen molar-refractivity contribution in [1.82, 2.24) is 24.9 Å². The molecule has 12 nitrogen and oxygen atoms in total. The minimum Gasteiger partial charge on any atom is -0.406 e. The van der Waals surface area contributed by atoms with Crippen LogP contribution in [0, 0.1) is 0 Å². The zero-order valence-electron chi connectivity index (χ0n) is 24.0. The molecule has 2 amide bonds.